The molecule has 16 heavy (non-hydrogen) atoms. The fourth-order valence-corrected chi connectivity index (χ4v) is 1.94. The molecule has 90 valence electrons. The summed E-state index contributed by atoms with van der Waals surface area (Å²) in [5, 5.41) is 7.11. The molecule has 1 aliphatic heterocycles. The second kappa shape index (κ2) is 4.93. The maximum atomic E-state index is 5.67. The largest absolute Gasteiger partial charge is 0.367 e. The van der Waals surface area contributed by atoms with E-state index in [1.54, 1.807) is 0 Å². The highest BCUT2D eigenvalue weighted by molar-refractivity contribution is 5.01. The topological polar surface area (TPSA) is 60.2 Å². The molecule has 2 heterocycles. The third kappa shape index (κ3) is 2.41. The number of aromatic nitrogens is 2. The highest BCUT2D eigenvalue weighted by Gasteiger charge is 2.36. The van der Waals surface area contributed by atoms with Crippen LogP contribution in [0.1, 0.15) is 37.9 Å². The Bertz CT molecular complexity index is 332. The van der Waals surface area contributed by atoms with Crippen molar-refractivity contribution in [2.45, 2.75) is 38.2 Å². The average Bonchev–Trinajstić information content (AvgIpc) is 2.88. The Morgan fingerprint density at radius 1 is 1.50 bits per heavy atom. The van der Waals surface area contributed by atoms with E-state index in [4.69, 9.17) is 9.26 Å². The predicted molar refractivity (Wildman–Crippen MR) is 59.1 cm³/mol. The van der Waals surface area contributed by atoms with Crippen LogP contribution in [0.2, 0.25) is 0 Å². The van der Waals surface area contributed by atoms with Crippen LogP contribution in [-0.2, 0) is 16.8 Å². The van der Waals surface area contributed by atoms with Gasteiger partial charge in [0.05, 0.1) is 0 Å². The fraction of sp³-hybridized carbons (Fsp3) is 0.818. The first-order valence-electron chi connectivity index (χ1n) is 5.86. The van der Waals surface area contributed by atoms with E-state index in [0.717, 1.165) is 38.8 Å². The lowest BCUT2D eigenvalue weighted by Crippen LogP contribution is -2.21. The zero-order valence-electron chi connectivity index (χ0n) is 9.95. The Hall–Kier alpha value is -0.940. The van der Waals surface area contributed by atoms with Crippen LogP contribution in [0.4, 0.5) is 0 Å². The van der Waals surface area contributed by atoms with Gasteiger partial charge in [0.2, 0.25) is 11.7 Å². The first-order valence-corrected chi connectivity index (χ1v) is 5.86. The molecule has 1 aromatic rings. The van der Waals surface area contributed by atoms with E-state index in [1.165, 1.54) is 0 Å². The summed E-state index contributed by atoms with van der Waals surface area (Å²) < 4.78 is 10.9. The summed E-state index contributed by atoms with van der Waals surface area (Å²) in [5.41, 5.74) is -0.329. The third-order valence-electron chi connectivity index (χ3n) is 2.98. The monoisotopic (exact) mass is 225 g/mol. The molecular weight excluding hydrogens is 206 g/mol. The summed E-state index contributed by atoms with van der Waals surface area (Å²) in [7, 11) is 1.94. The van der Waals surface area contributed by atoms with Crippen molar-refractivity contribution >= 4 is 0 Å². The van der Waals surface area contributed by atoms with E-state index in [9.17, 15) is 0 Å². The number of nitrogens with one attached hydrogen (secondary N) is 1. The molecule has 1 fully saturated rings. The number of nitrogens with zero attached hydrogens (tertiary/aromatic N) is 2. The van der Waals surface area contributed by atoms with Crippen molar-refractivity contribution in [3.8, 4) is 0 Å². The van der Waals surface area contributed by atoms with Crippen LogP contribution in [0.5, 0.6) is 0 Å². The number of hydrogen-bond acceptors (Lipinski definition) is 5. The average molecular weight is 225 g/mol. The van der Waals surface area contributed by atoms with E-state index in [0.29, 0.717) is 11.7 Å². The van der Waals surface area contributed by atoms with E-state index in [1.807, 2.05) is 14.0 Å². The van der Waals surface area contributed by atoms with Crippen LogP contribution in [-0.4, -0.2) is 30.3 Å². The van der Waals surface area contributed by atoms with Crippen LogP contribution < -0.4 is 5.32 Å². The first-order chi connectivity index (χ1) is 7.74. The molecule has 1 N–H and O–H groups in total. The molecule has 0 saturated carbocycles. The third-order valence-corrected chi connectivity index (χ3v) is 2.98. The minimum Gasteiger partial charge on any atom is -0.367 e. The van der Waals surface area contributed by atoms with Gasteiger partial charge in [-0.3, -0.25) is 0 Å². The summed E-state index contributed by atoms with van der Waals surface area (Å²) in [5.74, 6) is 1.41. The summed E-state index contributed by atoms with van der Waals surface area (Å²) in [4.78, 5) is 4.41. The number of ether oxygens (including phenoxy) is 1. The lowest BCUT2D eigenvalue weighted by atomic mass is 10.0. The Kier molecular flexibility index (Phi) is 3.56. The normalized spacial score (nSPS) is 25.1. The molecule has 1 aromatic heterocycles. The van der Waals surface area contributed by atoms with Gasteiger partial charge in [-0.1, -0.05) is 5.16 Å². The van der Waals surface area contributed by atoms with Crippen molar-refractivity contribution < 1.29 is 9.26 Å². The second-order valence-electron chi connectivity index (χ2n) is 4.40. The van der Waals surface area contributed by atoms with E-state index in [-0.39, 0.29) is 5.60 Å². The van der Waals surface area contributed by atoms with Gasteiger partial charge in [0, 0.05) is 13.0 Å². The molecule has 1 atom stereocenters. The molecule has 0 aliphatic carbocycles. The van der Waals surface area contributed by atoms with Gasteiger partial charge in [0.1, 0.15) is 5.60 Å². The molecule has 0 radical (unpaired) electrons. The molecule has 0 aromatic carbocycles. The van der Waals surface area contributed by atoms with Crippen LogP contribution >= 0.6 is 0 Å². The van der Waals surface area contributed by atoms with Gasteiger partial charge in [-0.15, -0.1) is 0 Å². The van der Waals surface area contributed by atoms with Gasteiger partial charge in [-0.2, -0.15) is 4.98 Å². The fourth-order valence-electron chi connectivity index (χ4n) is 1.94. The SMILES string of the molecule is CNCCCc1nc(C2(C)CCCO2)no1. The quantitative estimate of drug-likeness (QED) is 0.764. The van der Waals surface area contributed by atoms with Gasteiger partial charge in [0.15, 0.2) is 0 Å². The summed E-state index contributed by atoms with van der Waals surface area (Å²) in [6.45, 7) is 3.79. The molecule has 2 rings (SSSR count). The van der Waals surface area contributed by atoms with Crippen LogP contribution in [0, 0.1) is 0 Å². The molecular formula is C11H19N3O2. The van der Waals surface area contributed by atoms with Gasteiger partial charge in [0.25, 0.3) is 0 Å². The predicted octanol–water partition coefficient (Wildman–Crippen LogP) is 1.25. The molecule has 0 spiro atoms. The first kappa shape index (κ1) is 11.5. The Morgan fingerprint density at radius 2 is 2.38 bits per heavy atom. The molecule has 1 aliphatic rings. The maximum Gasteiger partial charge on any atom is 0.226 e. The van der Waals surface area contributed by atoms with Gasteiger partial charge < -0.3 is 14.6 Å². The van der Waals surface area contributed by atoms with Gasteiger partial charge >= 0.3 is 0 Å². The van der Waals surface area contributed by atoms with Gasteiger partial charge in [-0.05, 0) is 39.8 Å². The van der Waals surface area contributed by atoms with E-state index in [2.05, 4.69) is 15.5 Å². The highest BCUT2D eigenvalue weighted by Crippen LogP contribution is 2.33. The van der Waals surface area contributed by atoms with Crippen LogP contribution in [0.25, 0.3) is 0 Å². The van der Waals surface area contributed by atoms with Crippen LogP contribution in [0.3, 0.4) is 0 Å². The van der Waals surface area contributed by atoms with Crippen molar-refractivity contribution in [1.82, 2.24) is 15.5 Å². The van der Waals surface area contributed by atoms with E-state index >= 15 is 0 Å². The van der Waals surface area contributed by atoms with Crippen LogP contribution in [0.15, 0.2) is 4.52 Å². The minimum atomic E-state index is -0.329. The molecule has 0 amide bonds. The molecule has 5 heteroatoms. The molecule has 0 bridgehead atoms. The Labute approximate surface area is 95.6 Å². The number of hydrogen-bond donors (Lipinski definition) is 1. The van der Waals surface area contributed by atoms with Crippen molar-refractivity contribution in [3.63, 3.8) is 0 Å². The zero-order valence-corrected chi connectivity index (χ0v) is 9.95. The smallest absolute Gasteiger partial charge is 0.226 e. The zero-order chi connectivity index (χ0) is 11.4. The highest BCUT2D eigenvalue weighted by atomic mass is 16.5. The van der Waals surface area contributed by atoms with E-state index < -0.39 is 0 Å². The standard InChI is InChI=1S/C11H19N3O2/c1-11(6-4-8-15-11)10-13-9(16-14-10)5-3-7-12-2/h12H,3-8H2,1-2H3. The lowest BCUT2D eigenvalue weighted by molar-refractivity contribution is 0.00768. The van der Waals surface area contributed by atoms with Crippen molar-refractivity contribution in [2.75, 3.05) is 20.2 Å². The van der Waals surface area contributed by atoms with Crippen molar-refractivity contribution in [2.24, 2.45) is 0 Å². The lowest BCUT2D eigenvalue weighted by Gasteiger charge is -2.17. The Morgan fingerprint density at radius 3 is 3.06 bits per heavy atom. The summed E-state index contributed by atoms with van der Waals surface area (Å²) in [6.07, 6.45) is 3.88. The van der Waals surface area contributed by atoms with Crippen molar-refractivity contribution in [3.05, 3.63) is 11.7 Å². The Balaban J connectivity index is 1.96. The summed E-state index contributed by atoms with van der Waals surface area (Å²) >= 11 is 0. The second-order valence-corrected chi connectivity index (χ2v) is 4.40. The van der Waals surface area contributed by atoms with Gasteiger partial charge in [-0.25, -0.2) is 0 Å². The molecule has 1 unspecified atom stereocenters. The maximum absolute atomic E-state index is 5.67. The number of rotatable bonds is 5. The summed E-state index contributed by atoms with van der Waals surface area (Å²) in [6, 6.07) is 0. The molecule has 5 nitrogen and oxygen atoms in total. The molecule has 1 saturated heterocycles. The van der Waals surface area contributed by atoms with Crippen molar-refractivity contribution in [1.29, 1.82) is 0 Å². The minimum absolute atomic E-state index is 0.329. The number of aryl methyl sites for hydroxylation is 1.